The van der Waals surface area contributed by atoms with Gasteiger partial charge in [-0.15, -0.1) is 0 Å². The number of aromatic nitrogens is 1. The van der Waals surface area contributed by atoms with E-state index in [1.807, 2.05) is 37.3 Å². The first kappa shape index (κ1) is 9.90. The van der Waals surface area contributed by atoms with Crippen molar-refractivity contribution >= 4 is 27.7 Å². The van der Waals surface area contributed by atoms with Gasteiger partial charge in [0.05, 0.1) is 5.52 Å². The molecule has 0 saturated carbocycles. The van der Waals surface area contributed by atoms with Crippen LogP contribution >= 0.6 is 0 Å². The van der Waals surface area contributed by atoms with Gasteiger partial charge in [0.1, 0.15) is 0 Å². The maximum Gasteiger partial charge on any atom is 0.249 e. The minimum absolute atomic E-state index is 0.389. The van der Waals surface area contributed by atoms with Crippen molar-refractivity contribution in [2.24, 2.45) is 5.73 Å². The highest BCUT2D eigenvalue weighted by Crippen LogP contribution is 2.30. The normalized spacial score (nSPS) is 11.1. The van der Waals surface area contributed by atoms with Gasteiger partial charge in [-0.25, -0.2) is 0 Å². The molecule has 1 aromatic heterocycles. The number of fused-ring (bicyclic) bond motifs is 3. The molecule has 0 saturated heterocycles. The predicted octanol–water partition coefficient (Wildman–Crippen LogP) is 2.73. The van der Waals surface area contributed by atoms with Crippen molar-refractivity contribution in [1.29, 1.82) is 0 Å². The predicted molar refractivity (Wildman–Crippen MR) is 69.1 cm³/mol. The Morgan fingerprint density at radius 1 is 1.18 bits per heavy atom. The first-order valence-corrected chi connectivity index (χ1v) is 5.48. The number of aromatic amines is 1. The molecule has 3 heteroatoms. The lowest BCUT2D eigenvalue weighted by molar-refractivity contribution is 0.100. The molecular formula is C14H12N2O. The summed E-state index contributed by atoms with van der Waals surface area (Å²) in [4.78, 5) is 14.8. The summed E-state index contributed by atoms with van der Waals surface area (Å²) in [6.07, 6.45) is 0. The molecule has 0 radical (unpaired) electrons. The number of H-pyrrole nitrogens is 1. The zero-order valence-corrected chi connectivity index (χ0v) is 9.45. The first-order chi connectivity index (χ1) is 8.18. The molecule has 2 aromatic carbocycles. The van der Waals surface area contributed by atoms with Crippen LogP contribution in [0.4, 0.5) is 0 Å². The molecule has 1 amide bonds. The van der Waals surface area contributed by atoms with Gasteiger partial charge in [-0.2, -0.15) is 0 Å². The second-order valence-electron chi connectivity index (χ2n) is 4.21. The van der Waals surface area contributed by atoms with Crippen molar-refractivity contribution in [2.75, 3.05) is 0 Å². The van der Waals surface area contributed by atoms with Gasteiger partial charge in [0.25, 0.3) is 0 Å². The lowest BCUT2D eigenvalue weighted by atomic mass is 10.0. The van der Waals surface area contributed by atoms with E-state index in [1.54, 1.807) is 6.07 Å². The van der Waals surface area contributed by atoms with Crippen molar-refractivity contribution in [1.82, 2.24) is 4.98 Å². The van der Waals surface area contributed by atoms with E-state index in [1.165, 1.54) is 0 Å². The molecule has 0 spiro atoms. The Kier molecular flexibility index (Phi) is 1.95. The van der Waals surface area contributed by atoms with Crippen LogP contribution in [0, 0.1) is 6.92 Å². The molecule has 0 aliphatic rings. The zero-order valence-electron chi connectivity index (χ0n) is 9.45. The maximum absolute atomic E-state index is 11.5. The number of primary amides is 1. The number of hydrogen-bond acceptors (Lipinski definition) is 1. The number of rotatable bonds is 1. The third kappa shape index (κ3) is 1.32. The Morgan fingerprint density at radius 2 is 1.94 bits per heavy atom. The van der Waals surface area contributed by atoms with Crippen LogP contribution in [0.2, 0.25) is 0 Å². The molecule has 0 fully saturated rings. The van der Waals surface area contributed by atoms with Crippen molar-refractivity contribution in [3.05, 3.63) is 47.5 Å². The average Bonchev–Trinajstić information content (AvgIpc) is 2.69. The van der Waals surface area contributed by atoms with Crippen molar-refractivity contribution < 1.29 is 4.79 Å². The van der Waals surface area contributed by atoms with Gasteiger partial charge >= 0.3 is 0 Å². The molecule has 3 rings (SSSR count). The molecule has 0 atom stereocenters. The van der Waals surface area contributed by atoms with E-state index in [4.69, 9.17) is 5.73 Å². The van der Waals surface area contributed by atoms with Crippen LogP contribution in [0.25, 0.3) is 21.8 Å². The molecule has 84 valence electrons. The van der Waals surface area contributed by atoms with Crippen LogP contribution < -0.4 is 5.73 Å². The maximum atomic E-state index is 11.5. The number of nitrogens with one attached hydrogen (secondary N) is 1. The van der Waals surface area contributed by atoms with Crippen LogP contribution in [0.15, 0.2) is 36.4 Å². The van der Waals surface area contributed by atoms with E-state index in [2.05, 4.69) is 4.98 Å². The number of para-hydroxylation sites is 1. The summed E-state index contributed by atoms with van der Waals surface area (Å²) in [7, 11) is 0. The lowest BCUT2D eigenvalue weighted by Crippen LogP contribution is -2.11. The summed E-state index contributed by atoms with van der Waals surface area (Å²) in [5, 5.41) is 1.97. The van der Waals surface area contributed by atoms with Crippen LogP contribution in [-0.4, -0.2) is 10.9 Å². The highest BCUT2D eigenvalue weighted by molar-refractivity contribution is 6.17. The van der Waals surface area contributed by atoms with E-state index < -0.39 is 0 Å². The monoisotopic (exact) mass is 224 g/mol. The van der Waals surface area contributed by atoms with Crippen LogP contribution in [0.1, 0.15) is 15.9 Å². The Labute approximate surface area is 98.2 Å². The molecule has 0 aliphatic carbocycles. The first-order valence-electron chi connectivity index (χ1n) is 5.48. The van der Waals surface area contributed by atoms with Gasteiger partial charge in [0, 0.05) is 21.9 Å². The quantitative estimate of drug-likeness (QED) is 0.656. The Balaban J connectivity index is 2.60. The van der Waals surface area contributed by atoms with Gasteiger partial charge in [0.15, 0.2) is 0 Å². The standard InChI is InChI=1S/C14H12N2O/c1-8-6-7-10(14(15)17)12-9-4-2-3-5-11(9)16-13(8)12/h2-7,16H,1H3,(H2,15,17). The van der Waals surface area contributed by atoms with E-state index in [0.29, 0.717) is 5.56 Å². The minimum Gasteiger partial charge on any atom is -0.366 e. The second kappa shape index (κ2) is 3.35. The second-order valence-corrected chi connectivity index (χ2v) is 4.21. The van der Waals surface area contributed by atoms with Crippen LogP contribution in [0.3, 0.4) is 0 Å². The Hall–Kier alpha value is -2.29. The van der Waals surface area contributed by atoms with E-state index in [9.17, 15) is 4.79 Å². The summed E-state index contributed by atoms with van der Waals surface area (Å²) < 4.78 is 0. The van der Waals surface area contributed by atoms with Gasteiger partial charge in [-0.1, -0.05) is 24.3 Å². The number of benzene rings is 2. The summed E-state index contributed by atoms with van der Waals surface area (Å²) >= 11 is 0. The van der Waals surface area contributed by atoms with E-state index in [0.717, 1.165) is 27.4 Å². The summed E-state index contributed by atoms with van der Waals surface area (Å²) in [5.41, 5.74) is 9.13. The smallest absolute Gasteiger partial charge is 0.249 e. The number of hydrogen-bond donors (Lipinski definition) is 2. The number of nitrogens with two attached hydrogens (primary N) is 1. The van der Waals surface area contributed by atoms with Gasteiger partial charge < -0.3 is 10.7 Å². The fourth-order valence-corrected chi connectivity index (χ4v) is 2.30. The highest BCUT2D eigenvalue weighted by Gasteiger charge is 2.13. The third-order valence-electron chi connectivity index (χ3n) is 3.14. The molecule has 0 unspecified atom stereocenters. The van der Waals surface area contributed by atoms with E-state index in [-0.39, 0.29) is 5.91 Å². The fraction of sp³-hybridized carbons (Fsp3) is 0.0714. The molecule has 3 N–H and O–H groups in total. The summed E-state index contributed by atoms with van der Waals surface area (Å²) in [5.74, 6) is -0.389. The average molecular weight is 224 g/mol. The fourth-order valence-electron chi connectivity index (χ4n) is 2.30. The number of carbonyl (C=O) groups is 1. The van der Waals surface area contributed by atoms with Gasteiger partial charge in [0.2, 0.25) is 5.91 Å². The Bertz CT molecular complexity index is 740. The van der Waals surface area contributed by atoms with Crippen LogP contribution in [-0.2, 0) is 0 Å². The molecule has 1 heterocycles. The summed E-state index contributed by atoms with van der Waals surface area (Å²) in [6.45, 7) is 2.02. The number of aryl methyl sites for hydroxylation is 1. The number of carbonyl (C=O) groups excluding carboxylic acids is 1. The van der Waals surface area contributed by atoms with Gasteiger partial charge in [-0.05, 0) is 24.6 Å². The Morgan fingerprint density at radius 3 is 2.71 bits per heavy atom. The van der Waals surface area contributed by atoms with E-state index >= 15 is 0 Å². The zero-order chi connectivity index (χ0) is 12.0. The van der Waals surface area contributed by atoms with Crippen molar-refractivity contribution in [3.8, 4) is 0 Å². The van der Waals surface area contributed by atoms with Crippen LogP contribution in [0.5, 0.6) is 0 Å². The molecular weight excluding hydrogens is 212 g/mol. The molecule has 3 nitrogen and oxygen atoms in total. The SMILES string of the molecule is Cc1ccc(C(N)=O)c2c1[nH]c1ccccc12. The van der Waals surface area contributed by atoms with Crippen molar-refractivity contribution in [3.63, 3.8) is 0 Å². The largest absolute Gasteiger partial charge is 0.366 e. The third-order valence-corrected chi connectivity index (χ3v) is 3.14. The number of amides is 1. The molecule has 0 aliphatic heterocycles. The molecule has 17 heavy (non-hydrogen) atoms. The van der Waals surface area contributed by atoms with Gasteiger partial charge in [-0.3, -0.25) is 4.79 Å². The topological polar surface area (TPSA) is 58.9 Å². The lowest BCUT2D eigenvalue weighted by Gasteiger charge is -2.01. The molecule has 3 aromatic rings. The summed E-state index contributed by atoms with van der Waals surface area (Å²) in [6, 6.07) is 11.6. The molecule has 0 bridgehead atoms. The minimum atomic E-state index is -0.389. The highest BCUT2D eigenvalue weighted by atomic mass is 16.1. The van der Waals surface area contributed by atoms with Crippen molar-refractivity contribution in [2.45, 2.75) is 6.92 Å².